The maximum Gasteiger partial charge on any atom is 0.339 e. The Balaban J connectivity index is 0.00000800. The van der Waals surface area contributed by atoms with Crippen LogP contribution in [-0.4, -0.2) is 61.6 Å². The number of benzene rings is 4. The van der Waals surface area contributed by atoms with Crippen molar-refractivity contribution in [1.82, 2.24) is 0 Å². The molecular weight excluding hydrogens is 991 g/mol. The normalized spacial score (nSPS) is 25.4. The summed E-state index contributed by atoms with van der Waals surface area (Å²) >= 11 is 13.8. The van der Waals surface area contributed by atoms with Gasteiger partial charge >= 0.3 is 11.9 Å². The van der Waals surface area contributed by atoms with Gasteiger partial charge in [-0.3, -0.25) is 20.2 Å². The average molecular weight is 1060 g/mol. The molecule has 74 heavy (non-hydrogen) atoms. The van der Waals surface area contributed by atoms with E-state index >= 15 is 0 Å². The van der Waals surface area contributed by atoms with E-state index in [0.717, 1.165) is 54.8 Å². The zero-order chi connectivity index (χ0) is 52.4. The Labute approximate surface area is 467 Å². The van der Waals surface area contributed by atoms with E-state index < -0.39 is 21.8 Å². The number of carbonyl (C=O) groups is 2. The van der Waals surface area contributed by atoms with Gasteiger partial charge in [-0.15, -0.1) is 0 Å². The molecule has 0 bridgehead atoms. The van der Waals surface area contributed by atoms with Gasteiger partial charge in [0.2, 0.25) is 0 Å². The number of carboxylic acid groups (broad SMARTS) is 2. The predicted molar refractivity (Wildman–Crippen MR) is 290 cm³/mol. The molecule has 4 aliphatic rings. The Kier molecular flexibility index (Phi) is 18.8. The van der Waals surface area contributed by atoms with Crippen LogP contribution in [0.1, 0.15) is 167 Å². The molecule has 15 heteroatoms. The summed E-state index contributed by atoms with van der Waals surface area (Å²) < 4.78 is 11.9. The molecule has 0 heterocycles. The van der Waals surface area contributed by atoms with Gasteiger partial charge in [-0.2, -0.15) is 0 Å². The van der Waals surface area contributed by atoms with Crippen LogP contribution in [0.3, 0.4) is 0 Å². The van der Waals surface area contributed by atoms with Crippen LogP contribution < -0.4 is 9.47 Å². The quantitative estimate of drug-likeness (QED) is 0.0491. The number of para-hydroxylation sites is 2. The van der Waals surface area contributed by atoms with Crippen molar-refractivity contribution in [1.29, 1.82) is 0 Å². The molecule has 4 aromatic rings. The average Bonchev–Trinajstić information content (AvgIpc) is 3.71. The fourth-order valence-corrected chi connectivity index (χ4v) is 15.1. The number of nitro benzene ring substituents is 2. The molecule has 9 atom stereocenters. The Morgan fingerprint density at radius 3 is 1.78 bits per heavy atom. The van der Waals surface area contributed by atoms with E-state index in [2.05, 4.69) is 34.6 Å². The second-order valence-corrected chi connectivity index (χ2v) is 23.5. The molecule has 391 valence electrons. The van der Waals surface area contributed by atoms with Gasteiger partial charge in [0.1, 0.15) is 24.3 Å². The van der Waals surface area contributed by atoms with E-state index in [9.17, 15) is 40.0 Å². The molecule has 0 aliphatic heterocycles. The van der Waals surface area contributed by atoms with Crippen molar-refractivity contribution >= 4 is 81.6 Å². The predicted octanol–water partition coefficient (Wildman–Crippen LogP) is 15.9. The Morgan fingerprint density at radius 1 is 0.730 bits per heavy atom. The molecule has 4 aliphatic carbocycles. The summed E-state index contributed by atoms with van der Waals surface area (Å²) in [7, 11) is 0. The first kappa shape index (κ1) is 57.2. The van der Waals surface area contributed by atoms with Crippen molar-refractivity contribution in [3.05, 3.63) is 143 Å². The van der Waals surface area contributed by atoms with Gasteiger partial charge in [0.25, 0.3) is 11.4 Å². The summed E-state index contributed by atoms with van der Waals surface area (Å²) in [5.41, 5.74) is 1.45. The first-order valence-corrected chi connectivity index (χ1v) is 27.1. The van der Waals surface area contributed by atoms with Crippen molar-refractivity contribution in [3.63, 3.8) is 0 Å². The Bertz CT molecular complexity index is 2640. The summed E-state index contributed by atoms with van der Waals surface area (Å²) in [6.45, 7) is 11.8. The van der Waals surface area contributed by atoms with Crippen LogP contribution in [-0.2, 0) is 13.2 Å². The van der Waals surface area contributed by atoms with Crippen LogP contribution in [0, 0.1) is 78.4 Å². The molecule has 4 aromatic carbocycles. The monoisotopic (exact) mass is 1060 g/mol. The summed E-state index contributed by atoms with van der Waals surface area (Å²) in [6, 6.07) is 17.9. The molecule has 4 saturated carbocycles. The van der Waals surface area contributed by atoms with Crippen LogP contribution >= 0.6 is 23.2 Å². The first-order chi connectivity index (χ1) is 34.8. The number of rotatable bonds is 20. The standard InChI is InChI=1S/C59H70Cl2N2O10.Na/c1-35(2)12-10-13-36(3)47-22-23-48-44-21-20-42-28-37(24-26-58(42,4)49(44)25-27-59(47,48)5)14-11-17-43(40-29-45(56(64)65)54(50(60)31-40)72-33-38-15-6-8-18-52(38)62(68)69)41-30-46(57(66)67)55(51(61)32-41)73-34-39-16-7-9-19-53(39)63(70)71;/h6-9,15-19,29-32,35-37,42,44,47-49H,10-14,20-28,33-34H2,1-5H3,(H,64,65)(H,66,67);/t36?,37-,42-,44-,47+,48-,49-,58-,59+;/m0./s1. The number of nitrogens with zero attached hydrogens (tertiary/aromatic N) is 2. The fourth-order valence-electron chi connectivity index (χ4n) is 14.5. The number of fused-ring (bicyclic) bond motifs is 5. The van der Waals surface area contributed by atoms with Crippen molar-refractivity contribution in [3.8, 4) is 11.5 Å². The van der Waals surface area contributed by atoms with Crippen LogP contribution in [0.15, 0.2) is 78.9 Å². The summed E-state index contributed by atoms with van der Waals surface area (Å²) in [4.78, 5) is 48.3. The Morgan fingerprint density at radius 2 is 1.26 bits per heavy atom. The van der Waals surface area contributed by atoms with E-state index in [1.165, 1.54) is 113 Å². The van der Waals surface area contributed by atoms with Gasteiger partial charge in [0.15, 0.2) is 11.5 Å². The third-order valence-electron chi connectivity index (χ3n) is 18.2. The van der Waals surface area contributed by atoms with Crippen molar-refractivity contribution in [2.75, 3.05) is 0 Å². The topological polar surface area (TPSA) is 179 Å². The van der Waals surface area contributed by atoms with E-state index in [4.69, 9.17) is 32.7 Å². The number of halogens is 2. The first-order valence-electron chi connectivity index (χ1n) is 26.3. The molecule has 0 amide bonds. The third kappa shape index (κ3) is 12.0. The summed E-state index contributed by atoms with van der Waals surface area (Å²) in [5.74, 6) is 2.82. The Hall–Kier alpha value is -4.46. The molecular formula is C59H70Cl2N2NaO10. The molecule has 12 nitrogen and oxygen atoms in total. The number of hydrogen-bond acceptors (Lipinski definition) is 8. The SMILES string of the molecule is CC(C)CCCC(C)[C@H]1CC[C@H]2[C@@H]3CC[C@H]4C[C@@H](CCC=C(c5cc(Cl)c(OCc6ccccc6[N+](=O)[O-])c(C(=O)O)c5)c5cc(Cl)c(OCc6ccccc6[N+](=O)[O-])c(C(=O)O)c5)CC[C@]4(C)[C@H]3CC[C@]12C.[Na]. The van der Waals surface area contributed by atoms with E-state index in [1.54, 1.807) is 24.3 Å². The molecule has 8 rings (SSSR count). The summed E-state index contributed by atoms with van der Waals surface area (Å²) in [5, 5.41) is 44.5. The largest absolute Gasteiger partial charge is 0.486 e. The number of aromatic carboxylic acids is 2. The zero-order valence-electron chi connectivity index (χ0n) is 43.7. The van der Waals surface area contributed by atoms with E-state index in [1.807, 2.05) is 6.08 Å². The maximum absolute atomic E-state index is 13.0. The van der Waals surface area contributed by atoms with Crippen LogP contribution in [0.2, 0.25) is 10.0 Å². The maximum atomic E-state index is 13.0. The minimum Gasteiger partial charge on any atom is -0.486 e. The number of allylic oxidation sites excluding steroid dienone is 1. The van der Waals surface area contributed by atoms with Gasteiger partial charge in [-0.05, 0) is 182 Å². The van der Waals surface area contributed by atoms with Crippen molar-refractivity contribution < 1.29 is 39.1 Å². The molecule has 4 fully saturated rings. The van der Waals surface area contributed by atoms with Gasteiger partial charge in [0.05, 0.1) is 31.0 Å². The minimum atomic E-state index is -1.36. The molecule has 0 spiro atoms. The second kappa shape index (κ2) is 24.3. The molecule has 1 unspecified atom stereocenters. The third-order valence-corrected chi connectivity index (χ3v) is 18.8. The van der Waals surface area contributed by atoms with Gasteiger partial charge < -0.3 is 19.7 Å². The molecule has 1 radical (unpaired) electrons. The van der Waals surface area contributed by atoms with Crippen molar-refractivity contribution in [2.24, 2.45) is 58.2 Å². The number of hydrogen-bond donors (Lipinski definition) is 2. The molecule has 0 saturated heterocycles. The minimum absolute atomic E-state index is 0. The number of carboxylic acids is 2. The summed E-state index contributed by atoms with van der Waals surface area (Å²) in [6.07, 6.45) is 19.0. The smallest absolute Gasteiger partial charge is 0.339 e. The van der Waals surface area contributed by atoms with Gasteiger partial charge in [-0.25, -0.2) is 9.59 Å². The molecule has 0 aromatic heterocycles. The van der Waals surface area contributed by atoms with E-state index in [-0.39, 0.29) is 97.9 Å². The van der Waals surface area contributed by atoms with Crippen LogP contribution in [0.25, 0.3) is 5.57 Å². The van der Waals surface area contributed by atoms with Crippen LogP contribution in [0.5, 0.6) is 11.5 Å². The number of nitro groups is 2. The van der Waals surface area contributed by atoms with E-state index in [0.29, 0.717) is 45.8 Å². The fraction of sp³-hybridized carbons (Fsp3) is 0.525. The van der Waals surface area contributed by atoms with Crippen LogP contribution in [0.4, 0.5) is 11.4 Å². The van der Waals surface area contributed by atoms with Gasteiger partial charge in [0, 0.05) is 41.7 Å². The van der Waals surface area contributed by atoms with Gasteiger partial charge in [-0.1, -0.05) is 107 Å². The van der Waals surface area contributed by atoms with Crippen molar-refractivity contribution in [2.45, 2.75) is 138 Å². The molecule has 2 N–H and O–H groups in total. The number of ether oxygens (including phenoxy) is 2. The zero-order valence-corrected chi connectivity index (χ0v) is 47.3. The second-order valence-electron chi connectivity index (χ2n) is 22.7.